The van der Waals surface area contributed by atoms with Crippen molar-refractivity contribution in [2.45, 2.75) is 44.2 Å². The van der Waals surface area contributed by atoms with Crippen molar-refractivity contribution in [2.75, 3.05) is 12.4 Å². The van der Waals surface area contributed by atoms with E-state index >= 15 is 0 Å². The second-order valence-electron chi connectivity index (χ2n) is 8.18. The lowest BCUT2D eigenvalue weighted by molar-refractivity contribution is 0.0697. The number of carbonyl (C=O) groups is 1. The van der Waals surface area contributed by atoms with Crippen LogP contribution in [0.2, 0.25) is 0 Å². The van der Waals surface area contributed by atoms with Gasteiger partial charge in [0, 0.05) is 17.1 Å². The Balaban J connectivity index is 1.78. The van der Waals surface area contributed by atoms with Crippen LogP contribution in [0.3, 0.4) is 0 Å². The minimum Gasteiger partial charge on any atom is -0.478 e. The first-order chi connectivity index (χ1) is 14.4. The Hall–Kier alpha value is -3.06. The molecule has 0 bridgehead atoms. The molecule has 1 saturated carbocycles. The van der Waals surface area contributed by atoms with E-state index < -0.39 is 5.97 Å². The van der Waals surface area contributed by atoms with Crippen molar-refractivity contribution in [3.05, 3.63) is 53.8 Å². The Morgan fingerprint density at radius 1 is 1.10 bits per heavy atom. The van der Waals surface area contributed by atoms with Crippen LogP contribution < -0.4 is 10.6 Å². The summed E-state index contributed by atoms with van der Waals surface area (Å²) in [6.07, 6.45) is 4.04. The Morgan fingerprint density at radius 2 is 1.80 bits per heavy atom. The summed E-state index contributed by atoms with van der Waals surface area (Å²) in [6, 6.07) is 11.4. The smallest absolute Gasteiger partial charge is 0.335 e. The van der Waals surface area contributed by atoms with Gasteiger partial charge in [-0.1, -0.05) is 0 Å². The largest absolute Gasteiger partial charge is 0.478 e. The monoisotopic (exact) mass is 408 g/mol. The zero-order chi connectivity index (χ0) is 21.3. The number of nitrogens with zero attached hydrogens (tertiary/aromatic N) is 2. The molecule has 0 amide bonds. The van der Waals surface area contributed by atoms with Gasteiger partial charge in [-0.3, -0.25) is 0 Å². The summed E-state index contributed by atoms with van der Waals surface area (Å²) in [7, 11) is 1.99. The number of hydrogen-bond acceptors (Lipinski definition) is 5. The summed E-state index contributed by atoms with van der Waals surface area (Å²) >= 11 is 0. The van der Waals surface area contributed by atoms with Gasteiger partial charge in [-0.15, -0.1) is 0 Å². The standard InChI is InChI=1S/C23H25FN4O2/c1-23(11-9-17(25-2)10-12-23)28-21-20(14-3-6-16(24)7-4-14)26-18-8-5-15(22(29)30)13-19(18)27-21/h3-8,13,17,25H,9-12H2,1-2H3,(H,27,28)(H,29,30). The van der Waals surface area contributed by atoms with Crippen LogP contribution in [0.1, 0.15) is 43.0 Å². The van der Waals surface area contributed by atoms with Crippen LogP contribution >= 0.6 is 0 Å². The van der Waals surface area contributed by atoms with Crippen LogP contribution in [0.15, 0.2) is 42.5 Å². The third kappa shape index (κ3) is 4.11. The summed E-state index contributed by atoms with van der Waals surface area (Å²) < 4.78 is 13.5. The van der Waals surface area contributed by atoms with Crippen LogP contribution in [0.4, 0.5) is 10.2 Å². The summed E-state index contributed by atoms with van der Waals surface area (Å²) in [5.74, 6) is -0.735. The molecule has 0 atom stereocenters. The molecule has 1 aliphatic carbocycles. The molecule has 0 unspecified atom stereocenters. The Kier molecular flexibility index (Phi) is 5.39. The fourth-order valence-electron chi connectivity index (χ4n) is 4.04. The van der Waals surface area contributed by atoms with E-state index in [-0.39, 0.29) is 16.9 Å². The average Bonchev–Trinajstić information content (AvgIpc) is 2.74. The Morgan fingerprint density at radius 3 is 2.43 bits per heavy atom. The van der Waals surface area contributed by atoms with Gasteiger partial charge >= 0.3 is 5.97 Å². The molecule has 6 nitrogen and oxygen atoms in total. The minimum atomic E-state index is -1.01. The number of halogens is 1. The maximum atomic E-state index is 13.5. The molecule has 0 spiro atoms. The number of benzene rings is 2. The topological polar surface area (TPSA) is 87.1 Å². The lowest BCUT2D eigenvalue weighted by atomic mass is 9.80. The fourth-order valence-corrected chi connectivity index (χ4v) is 4.04. The van der Waals surface area contributed by atoms with Gasteiger partial charge in [-0.2, -0.15) is 0 Å². The van der Waals surface area contributed by atoms with E-state index in [0.717, 1.165) is 31.2 Å². The average molecular weight is 408 g/mol. The molecule has 30 heavy (non-hydrogen) atoms. The molecule has 156 valence electrons. The number of carboxylic acids is 1. The van der Waals surface area contributed by atoms with E-state index in [0.29, 0.717) is 28.6 Å². The van der Waals surface area contributed by atoms with Gasteiger partial charge in [0.05, 0.1) is 16.6 Å². The van der Waals surface area contributed by atoms with E-state index in [1.54, 1.807) is 18.2 Å². The Labute approximate surface area is 174 Å². The van der Waals surface area contributed by atoms with Gasteiger partial charge in [-0.25, -0.2) is 19.2 Å². The van der Waals surface area contributed by atoms with Gasteiger partial charge in [-0.05, 0) is 82.1 Å². The molecular formula is C23H25FN4O2. The van der Waals surface area contributed by atoms with Gasteiger partial charge in [0.25, 0.3) is 0 Å². The number of rotatable bonds is 5. The molecule has 1 heterocycles. The first kappa shape index (κ1) is 20.2. The van der Waals surface area contributed by atoms with Crippen LogP contribution in [0.5, 0.6) is 0 Å². The van der Waals surface area contributed by atoms with Crippen molar-refractivity contribution in [1.29, 1.82) is 0 Å². The number of carboxylic acid groups (broad SMARTS) is 1. The maximum Gasteiger partial charge on any atom is 0.335 e. The Bertz CT molecular complexity index is 1080. The molecule has 1 aliphatic rings. The molecule has 1 aromatic heterocycles. The predicted molar refractivity (Wildman–Crippen MR) is 115 cm³/mol. The van der Waals surface area contributed by atoms with Crippen LogP contribution in [-0.4, -0.2) is 39.7 Å². The lowest BCUT2D eigenvalue weighted by Crippen LogP contribution is -2.43. The van der Waals surface area contributed by atoms with Crippen molar-refractivity contribution in [2.24, 2.45) is 0 Å². The van der Waals surface area contributed by atoms with E-state index in [1.165, 1.54) is 24.3 Å². The summed E-state index contributed by atoms with van der Waals surface area (Å²) in [6.45, 7) is 2.17. The molecule has 0 aliphatic heterocycles. The van der Waals surface area contributed by atoms with Crippen molar-refractivity contribution in [1.82, 2.24) is 15.3 Å². The van der Waals surface area contributed by atoms with E-state index in [9.17, 15) is 14.3 Å². The number of aromatic nitrogens is 2. The van der Waals surface area contributed by atoms with E-state index in [1.807, 2.05) is 7.05 Å². The van der Waals surface area contributed by atoms with Crippen LogP contribution in [0.25, 0.3) is 22.3 Å². The van der Waals surface area contributed by atoms with Gasteiger partial charge < -0.3 is 15.7 Å². The first-order valence-corrected chi connectivity index (χ1v) is 10.1. The zero-order valence-corrected chi connectivity index (χ0v) is 17.1. The highest BCUT2D eigenvalue weighted by atomic mass is 19.1. The number of fused-ring (bicyclic) bond motifs is 1. The first-order valence-electron chi connectivity index (χ1n) is 10.1. The summed E-state index contributed by atoms with van der Waals surface area (Å²) in [5.41, 5.74) is 2.49. The molecule has 0 saturated heterocycles. The summed E-state index contributed by atoms with van der Waals surface area (Å²) in [4.78, 5) is 20.9. The van der Waals surface area contributed by atoms with Crippen molar-refractivity contribution in [3.8, 4) is 11.3 Å². The number of nitrogens with one attached hydrogen (secondary N) is 2. The van der Waals surface area contributed by atoms with Gasteiger partial charge in [0.15, 0.2) is 5.82 Å². The zero-order valence-electron chi connectivity index (χ0n) is 17.1. The highest BCUT2D eigenvalue weighted by molar-refractivity contribution is 5.93. The van der Waals surface area contributed by atoms with Crippen LogP contribution in [0, 0.1) is 5.82 Å². The van der Waals surface area contributed by atoms with E-state index in [2.05, 4.69) is 17.6 Å². The van der Waals surface area contributed by atoms with E-state index in [4.69, 9.17) is 9.97 Å². The second-order valence-corrected chi connectivity index (χ2v) is 8.18. The predicted octanol–water partition coefficient (Wildman–Crippen LogP) is 4.47. The maximum absolute atomic E-state index is 13.5. The summed E-state index contributed by atoms with van der Waals surface area (Å²) in [5, 5.41) is 16.2. The highest BCUT2D eigenvalue weighted by Crippen LogP contribution is 2.35. The number of anilines is 1. The molecular weight excluding hydrogens is 383 g/mol. The number of hydrogen-bond donors (Lipinski definition) is 3. The lowest BCUT2D eigenvalue weighted by Gasteiger charge is -2.38. The second kappa shape index (κ2) is 7.99. The molecule has 3 aromatic rings. The molecule has 2 aromatic carbocycles. The molecule has 4 rings (SSSR count). The van der Waals surface area contributed by atoms with Crippen molar-refractivity contribution >= 4 is 22.8 Å². The molecule has 1 fully saturated rings. The molecule has 3 N–H and O–H groups in total. The molecule has 7 heteroatoms. The minimum absolute atomic E-state index is 0.158. The SMILES string of the molecule is CNC1CCC(C)(Nc2nc3cc(C(=O)O)ccc3nc2-c2ccc(F)cc2)CC1. The normalized spacial score (nSPS) is 21.5. The van der Waals surface area contributed by atoms with Crippen molar-refractivity contribution < 1.29 is 14.3 Å². The van der Waals surface area contributed by atoms with Crippen LogP contribution in [-0.2, 0) is 0 Å². The number of aromatic carboxylic acids is 1. The highest BCUT2D eigenvalue weighted by Gasteiger charge is 2.32. The third-order valence-electron chi connectivity index (χ3n) is 5.95. The molecule has 0 radical (unpaired) electrons. The van der Waals surface area contributed by atoms with Gasteiger partial charge in [0.1, 0.15) is 11.5 Å². The quantitative estimate of drug-likeness (QED) is 0.578. The third-order valence-corrected chi connectivity index (χ3v) is 5.95. The van der Waals surface area contributed by atoms with Crippen molar-refractivity contribution in [3.63, 3.8) is 0 Å². The van der Waals surface area contributed by atoms with Gasteiger partial charge in [0.2, 0.25) is 0 Å². The fraction of sp³-hybridized carbons (Fsp3) is 0.348.